The Morgan fingerprint density at radius 2 is 1.96 bits per heavy atom. The molecule has 1 aliphatic carbocycles. The molecule has 1 unspecified atom stereocenters. The van der Waals surface area contributed by atoms with Gasteiger partial charge in [-0.1, -0.05) is 6.07 Å². The van der Waals surface area contributed by atoms with Crippen LogP contribution in [0.15, 0.2) is 29.1 Å². The van der Waals surface area contributed by atoms with Crippen molar-refractivity contribution in [3.63, 3.8) is 0 Å². The van der Waals surface area contributed by atoms with Crippen LogP contribution in [0.4, 0.5) is 0 Å². The van der Waals surface area contributed by atoms with Gasteiger partial charge < -0.3 is 10.1 Å². The van der Waals surface area contributed by atoms with Crippen molar-refractivity contribution in [1.29, 1.82) is 0 Å². The number of amides is 1. The third-order valence-electron chi connectivity index (χ3n) is 4.59. The number of fused-ring (bicyclic) bond motifs is 1. The largest absolute Gasteiger partial charge is 0.492 e. The van der Waals surface area contributed by atoms with Crippen LogP contribution < -0.4 is 15.6 Å². The Morgan fingerprint density at radius 3 is 2.69 bits per heavy atom. The molecule has 0 aliphatic heterocycles. The highest BCUT2D eigenvalue weighted by Crippen LogP contribution is 2.18. The van der Waals surface area contributed by atoms with Crippen LogP contribution in [-0.2, 0) is 17.6 Å². The lowest BCUT2D eigenvalue weighted by Gasteiger charge is -2.15. The molecule has 0 fully saturated rings. The van der Waals surface area contributed by atoms with E-state index in [9.17, 15) is 9.59 Å². The number of hydrogen-bond acceptors (Lipinski definition) is 4. The lowest BCUT2D eigenvalue weighted by atomic mass is 10.1. The van der Waals surface area contributed by atoms with E-state index < -0.39 is 6.04 Å². The molecule has 1 atom stereocenters. The molecule has 1 N–H and O–H groups in total. The predicted octanol–water partition coefficient (Wildman–Crippen LogP) is 2.11. The molecule has 1 aliphatic rings. The van der Waals surface area contributed by atoms with Gasteiger partial charge in [-0.25, -0.2) is 4.68 Å². The zero-order valence-electron chi connectivity index (χ0n) is 15.5. The fourth-order valence-electron chi connectivity index (χ4n) is 3.31. The summed E-state index contributed by atoms with van der Waals surface area (Å²) < 4.78 is 6.97. The lowest BCUT2D eigenvalue weighted by molar-refractivity contribution is -0.124. The first-order chi connectivity index (χ1) is 12.4. The van der Waals surface area contributed by atoms with Gasteiger partial charge in [0, 0.05) is 6.07 Å². The highest BCUT2D eigenvalue weighted by molar-refractivity contribution is 5.79. The Labute approximate surface area is 153 Å². The monoisotopic (exact) mass is 355 g/mol. The van der Waals surface area contributed by atoms with Gasteiger partial charge in [0.2, 0.25) is 5.91 Å². The van der Waals surface area contributed by atoms with E-state index in [1.165, 1.54) is 4.68 Å². The molecule has 3 rings (SSSR count). The lowest BCUT2D eigenvalue weighted by Crippen LogP contribution is -2.38. The van der Waals surface area contributed by atoms with Crippen molar-refractivity contribution in [3.8, 4) is 5.75 Å². The van der Waals surface area contributed by atoms with Crippen molar-refractivity contribution < 1.29 is 9.53 Å². The van der Waals surface area contributed by atoms with Crippen molar-refractivity contribution >= 4 is 5.91 Å². The first-order valence-electron chi connectivity index (χ1n) is 9.04. The molecule has 0 saturated heterocycles. The maximum Gasteiger partial charge on any atom is 0.267 e. The number of nitrogens with zero attached hydrogens (tertiary/aromatic N) is 2. The summed E-state index contributed by atoms with van der Waals surface area (Å²) in [5.41, 5.74) is 4.00. The topological polar surface area (TPSA) is 73.2 Å². The molecule has 1 aromatic carbocycles. The number of rotatable bonds is 6. The Morgan fingerprint density at radius 1 is 1.23 bits per heavy atom. The second-order valence-corrected chi connectivity index (χ2v) is 6.89. The predicted molar refractivity (Wildman–Crippen MR) is 99.7 cm³/mol. The number of nitrogens with one attached hydrogen (secondary N) is 1. The number of aryl methyl sites for hydroxylation is 4. The molecular formula is C20H25N3O3. The first kappa shape index (κ1) is 18.2. The zero-order valence-corrected chi connectivity index (χ0v) is 15.5. The molecule has 1 aromatic heterocycles. The van der Waals surface area contributed by atoms with E-state index in [1.54, 1.807) is 13.0 Å². The minimum absolute atomic E-state index is 0.222. The molecule has 6 nitrogen and oxygen atoms in total. The van der Waals surface area contributed by atoms with Gasteiger partial charge in [-0.2, -0.15) is 5.10 Å². The standard InChI is InChI=1S/C20H25N3O3/c1-13-9-14(2)11-17(10-13)26-8-7-21-20(25)15(3)23-19(24)12-16-5-4-6-18(16)22-23/h9-12,15H,4-8H2,1-3H3,(H,21,25). The quantitative estimate of drug-likeness (QED) is 0.806. The fourth-order valence-corrected chi connectivity index (χ4v) is 3.31. The van der Waals surface area contributed by atoms with Gasteiger partial charge in [-0.05, 0) is 68.9 Å². The van der Waals surface area contributed by atoms with Gasteiger partial charge in [0.15, 0.2) is 0 Å². The van der Waals surface area contributed by atoms with Crippen LogP contribution in [-0.4, -0.2) is 28.8 Å². The maximum atomic E-state index is 12.3. The first-order valence-corrected chi connectivity index (χ1v) is 9.04. The van der Waals surface area contributed by atoms with Crippen LogP contribution in [0.3, 0.4) is 0 Å². The van der Waals surface area contributed by atoms with Gasteiger partial charge in [0.05, 0.1) is 12.2 Å². The third-order valence-corrected chi connectivity index (χ3v) is 4.59. The van der Waals surface area contributed by atoms with E-state index in [0.29, 0.717) is 13.2 Å². The SMILES string of the molecule is Cc1cc(C)cc(OCCNC(=O)C(C)n2nc3c(cc2=O)CCC3)c1. The molecule has 2 aromatic rings. The van der Waals surface area contributed by atoms with Crippen LogP contribution in [0.2, 0.25) is 0 Å². The summed E-state index contributed by atoms with van der Waals surface area (Å²) in [6.07, 6.45) is 2.78. The van der Waals surface area contributed by atoms with E-state index in [2.05, 4.69) is 16.5 Å². The fraction of sp³-hybridized carbons (Fsp3) is 0.450. The van der Waals surface area contributed by atoms with Gasteiger partial charge in [0.1, 0.15) is 18.4 Å². The molecule has 6 heteroatoms. The van der Waals surface area contributed by atoms with Crippen LogP contribution in [0.5, 0.6) is 5.75 Å². The van der Waals surface area contributed by atoms with Crippen LogP contribution in [0.1, 0.15) is 41.8 Å². The van der Waals surface area contributed by atoms with Crippen LogP contribution in [0, 0.1) is 13.8 Å². The summed E-state index contributed by atoms with van der Waals surface area (Å²) in [6, 6.07) is 6.98. The van der Waals surface area contributed by atoms with Crippen molar-refractivity contribution in [2.24, 2.45) is 0 Å². The number of hydrogen-bond donors (Lipinski definition) is 1. The average Bonchev–Trinajstić information content (AvgIpc) is 3.03. The molecule has 1 amide bonds. The smallest absolute Gasteiger partial charge is 0.267 e. The Bertz CT molecular complexity index is 853. The normalized spacial score (nSPS) is 14.0. The minimum atomic E-state index is -0.644. The van der Waals surface area contributed by atoms with Gasteiger partial charge >= 0.3 is 0 Å². The molecule has 0 bridgehead atoms. The summed E-state index contributed by atoms with van der Waals surface area (Å²) in [7, 11) is 0. The Balaban J connectivity index is 1.54. The number of ether oxygens (including phenoxy) is 1. The molecule has 0 saturated carbocycles. The van der Waals surface area contributed by atoms with Crippen LogP contribution >= 0.6 is 0 Å². The summed E-state index contributed by atoms with van der Waals surface area (Å²) in [5, 5.41) is 7.19. The van der Waals surface area contributed by atoms with Crippen molar-refractivity contribution in [2.45, 2.75) is 46.1 Å². The number of benzene rings is 1. The summed E-state index contributed by atoms with van der Waals surface area (Å²) in [5.74, 6) is 0.558. The number of carbonyl (C=O) groups is 1. The summed E-state index contributed by atoms with van der Waals surface area (Å²) >= 11 is 0. The van der Waals surface area contributed by atoms with Crippen LogP contribution in [0.25, 0.3) is 0 Å². The maximum absolute atomic E-state index is 12.3. The van der Waals surface area contributed by atoms with Gasteiger partial charge in [-0.15, -0.1) is 0 Å². The third kappa shape index (κ3) is 4.12. The highest BCUT2D eigenvalue weighted by Gasteiger charge is 2.21. The second-order valence-electron chi connectivity index (χ2n) is 6.89. The molecule has 0 radical (unpaired) electrons. The van der Waals surface area contributed by atoms with Crippen molar-refractivity contribution in [1.82, 2.24) is 15.1 Å². The number of carbonyl (C=O) groups excluding carboxylic acids is 1. The number of aromatic nitrogens is 2. The molecule has 1 heterocycles. The van der Waals surface area contributed by atoms with Crippen molar-refractivity contribution in [2.75, 3.05) is 13.2 Å². The molecule has 138 valence electrons. The molecular weight excluding hydrogens is 330 g/mol. The molecule has 0 spiro atoms. The zero-order chi connectivity index (χ0) is 18.7. The molecule has 26 heavy (non-hydrogen) atoms. The Hall–Kier alpha value is -2.63. The second kappa shape index (κ2) is 7.72. The van der Waals surface area contributed by atoms with Crippen molar-refractivity contribution in [3.05, 3.63) is 57.0 Å². The summed E-state index contributed by atoms with van der Waals surface area (Å²) in [6.45, 7) is 6.47. The highest BCUT2D eigenvalue weighted by atomic mass is 16.5. The van der Waals surface area contributed by atoms with E-state index in [-0.39, 0.29) is 11.5 Å². The van der Waals surface area contributed by atoms with E-state index in [4.69, 9.17) is 4.74 Å². The van der Waals surface area contributed by atoms with E-state index >= 15 is 0 Å². The van der Waals surface area contributed by atoms with E-state index in [0.717, 1.165) is 47.4 Å². The summed E-state index contributed by atoms with van der Waals surface area (Å²) in [4.78, 5) is 24.5. The van der Waals surface area contributed by atoms with Gasteiger partial charge in [-0.3, -0.25) is 9.59 Å². The van der Waals surface area contributed by atoms with E-state index in [1.807, 2.05) is 26.0 Å². The Kier molecular flexibility index (Phi) is 5.40. The average molecular weight is 355 g/mol. The minimum Gasteiger partial charge on any atom is -0.492 e. The van der Waals surface area contributed by atoms with Gasteiger partial charge in [0.25, 0.3) is 5.56 Å².